The summed E-state index contributed by atoms with van der Waals surface area (Å²) in [6.07, 6.45) is -4.93. The number of halogens is 3. The van der Waals surface area contributed by atoms with Crippen LogP contribution in [0, 0.1) is 0 Å². The largest absolute Gasteiger partial charge is 0.493 e. The smallest absolute Gasteiger partial charge is 0.412 e. The van der Waals surface area contributed by atoms with Crippen LogP contribution in [0.25, 0.3) is 10.7 Å². The number of hydrogen-bond donors (Lipinski definition) is 1. The molecule has 0 aliphatic rings. The summed E-state index contributed by atoms with van der Waals surface area (Å²) in [4.78, 5) is 17.1. The average molecular weight is 441 g/mol. The highest BCUT2D eigenvalue weighted by Crippen LogP contribution is 2.37. The lowest BCUT2D eigenvalue weighted by Gasteiger charge is -2.23. The summed E-state index contributed by atoms with van der Waals surface area (Å²) in [5.74, 6) is 0.155. The van der Waals surface area contributed by atoms with Gasteiger partial charge in [-0.15, -0.1) is 11.3 Å². The summed E-state index contributed by atoms with van der Waals surface area (Å²) in [5, 5.41) is 7.68. The summed E-state index contributed by atoms with van der Waals surface area (Å²) in [7, 11) is 2.69. The van der Waals surface area contributed by atoms with E-state index in [9.17, 15) is 18.0 Å². The van der Waals surface area contributed by atoms with Gasteiger partial charge in [-0.1, -0.05) is 17.3 Å². The first-order chi connectivity index (χ1) is 14.3. The maximum absolute atomic E-state index is 13.6. The molecule has 1 aromatic carbocycles. The molecule has 2 heterocycles. The van der Waals surface area contributed by atoms with Crippen LogP contribution < -0.4 is 14.8 Å². The van der Waals surface area contributed by atoms with Crippen molar-refractivity contribution in [3.8, 4) is 22.2 Å². The molecule has 0 spiro atoms. The van der Waals surface area contributed by atoms with Crippen molar-refractivity contribution in [2.24, 2.45) is 0 Å². The first kappa shape index (κ1) is 21.6. The van der Waals surface area contributed by atoms with Gasteiger partial charge < -0.3 is 19.3 Å². The van der Waals surface area contributed by atoms with Crippen LogP contribution in [0.2, 0.25) is 0 Å². The fourth-order valence-electron chi connectivity index (χ4n) is 2.70. The molecule has 0 bridgehead atoms. The number of thiophene rings is 1. The lowest BCUT2D eigenvalue weighted by atomic mass is 10.1. The molecule has 0 saturated carbocycles. The van der Waals surface area contributed by atoms with Crippen molar-refractivity contribution >= 4 is 17.2 Å². The van der Waals surface area contributed by atoms with Gasteiger partial charge in [0.05, 0.1) is 19.1 Å². The predicted molar refractivity (Wildman–Crippen MR) is 102 cm³/mol. The molecule has 1 amide bonds. The van der Waals surface area contributed by atoms with E-state index in [1.54, 1.807) is 0 Å². The Hall–Kier alpha value is -3.08. The zero-order chi connectivity index (χ0) is 21.7. The Kier molecular flexibility index (Phi) is 6.60. The molecule has 1 unspecified atom stereocenters. The minimum Gasteiger partial charge on any atom is -0.493 e. The number of ether oxygens (including phenoxy) is 2. The molecule has 0 fully saturated rings. The van der Waals surface area contributed by atoms with E-state index in [4.69, 9.17) is 14.0 Å². The number of carbonyl (C=O) groups excluding carboxylic acids is 1. The Morgan fingerprint density at radius 2 is 2.00 bits per heavy atom. The highest BCUT2D eigenvalue weighted by atomic mass is 32.1. The van der Waals surface area contributed by atoms with Gasteiger partial charge in [-0.2, -0.15) is 18.2 Å². The molecule has 1 atom stereocenters. The van der Waals surface area contributed by atoms with Crippen molar-refractivity contribution in [1.29, 1.82) is 0 Å². The maximum atomic E-state index is 13.6. The van der Waals surface area contributed by atoms with Gasteiger partial charge in [0.15, 0.2) is 17.5 Å². The lowest BCUT2D eigenvalue weighted by molar-refractivity contribution is -0.163. The zero-order valence-corrected chi connectivity index (χ0v) is 16.8. The van der Waals surface area contributed by atoms with Crippen LogP contribution in [-0.2, 0) is 11.2 Å². The molecular formula is C19H18F3N3O4S. The van der Waals surface area contributed by atoms with E-state index in [1.807, 2.05) is 22.8 Å². The summed E-state index contributed by atoms with van der Waals surface area (Å²) >= 11 is 1.42. The molecular weight excluding hydrogens is 423 g/mol. The number of aryl methyl sites for hydroxylation is 1. The maximum Gasteiger partial charge on any atom is 0.412 e. The minimum atomic E-state index is -4.70. The summed E-state index contributed by atoms with van der Waals surface area (Å²) in [6.45, 7) is 0. The van der Waals surface area contributed by atoms with Gasteiger partial charge in [0.1, 0.15) is 0 Å². The number of amides is 1. The van der Waals surface area contributed by atoms with Gasteiger partial charge in [0.2, 0.25) is 17.6 Å². The van der Waals surface area contributed by atoms with E-state index < -0.39 is 18.1 Å². The van der Waals surface area contributed by atoms with Crippen molar-refractivity contribution in [1.82, 2.24) is 15.5 Å². The third-order valence-electron chi connectivity index (χ3n) is 4.15. The SMILES string of the molecule is COc1ccc(C(NC(=O)CCc2nc(-c3cccs3)no2)C(F)(F)F)cc1OC. The normalized spacial score (nSPS) is 12.4. The first-order valence-electron chi connectivity index (χ1n) is 8.76. The second kappa shape index (κ2) is 9.16. The quantitative estimate of drug-likeness (QED) is 0.565. The van der Waals surface area contributed by atoms with Crippen LogP contribution in [-0.4, -0.2) is 36.4 Å². The van der Waals surface area contributed by atoms with Crippen LogP contribution in [0.5, 0.6) is 11.5 Å². The van der Waals surface area contributed by atoms with Crippen molar-refractivity contribution in [3.63, 3.8) is 0 Å². The van der Waals surface area contributed by atoms with Crippen molar-refractivity contribution in [3.05, 3.63) is 47.2 Å². The number of methoxy groups -OCH3 is 2. The Bertz CT molecular complexity index is 989. The Morgan fingerprint density at radius 3 is 2.63 bits per heavy atom. The van der Waals surface area contributed by atoms with E-state index in [1.165, 1.54) is 43.8 Å². The third-order valence-corrected chi connectivity index (χ3v) is 5.01. The summed E-state index contributed by atoms with van der Waals surface area (Å²) in [5.41, 5.74) is -0.175. The van der Waals surface area contributed by atoms with Gasteiger partial charge in [-0.3, -0.25) is 4.79 Å². The van der Waals surface area contributed by atoms with Crippen molar-refractivity contribution in [2.75, 3.05) is 14.2 Å². The van der Waals surface area contributed by atoms with Crippen LogP contribution in [0.15, 0.2) is 40.2 Å². The first-order valence-corrected chi connectivity index (χ1v) is 9.64. The Labute approximate surface area is 173 Å². The summed E-state index contributed by atoms with van der Waals surface area (Å²) < 4.78 is 55.9. The third kappa shape index (κ3) is 5.09. The van der Waals surface area contributed by atoms with Gasteiger partial charge in [0.25, 0.3) is 0 Å². The molecule has 3 aromatic rings. The van der Waals surface area contributed by atoms with E-state index in [0.29, 0.717) is 5.82 Å². The van der Waals surface area contributed by atoms with Crippen molar-refractivity contribution < 1.29 is 32.0 Å². The Balaban J connectivity index is 1.67. The zero-order valence-electron chi connectivity index (χ0n) is 16.0. The van der Waals surface area contributed by atoms with Gasteiger partial charge in [0, 0.05) is 12.8 Å². The van der Waals surface area contributed by atoms with Gasteiger partial charge in [-0.25, -0.2) is 0 Å². The molecule has 0 aliphatic heterocycles. The van der Waals surface area contributed by atoms with Crippen LogP contribution >= 0.6 is 11.3 Å². The number of carbonyl (C=O) groups is 1. The Morgan fingerprint density at radius 1 is 1.23 bits per heavy atom. The fraction of sp³-hybridized carbons (Fsp3) is 0.316. The van der Waals surface area contributed by atoms with Crippen LogP contribution in [0.4, 0.5) is 13.2 Å². The summed E-state index contributed by atoms with van der Waals surface area (Å²) in [6, 6.07) is 5.20. The highest BCUT2D eigenvalue weighted by molar-refractivity contribution is 7.13. The molecule has 2 aromatic heterocycles. The van der Waals surface area contributed by atoms with Gasteiger partial charge in [-0.05, 0) is 29.1 Å². The minimum absolute atomic E-state index is 0.0146. The second-order valence-corrected chi connectivity index (χ2v) is 7.09. The number of hydrogen-bond acceptors (Lipinski definition) is 7. The molecule has 0 saturated heterocycles. The van der Waals surface area contributed by atoms with Gasteiger partial charge >= 0.3 is 6.18 Å². The monoisotopic (exact) mass is 441 g/mol. The number of alkyl halides is 3. The molecule has 11 heteroatoms. The number of rotatable bonds is 8. The highest BCUT2D eigenvalue weighted by Gasteiger charge is 2.42. The van der Waals surface area contributed by atoms with E-state index in [-0.39, 0.29) is 35.8 Å². The predicted octanol–water partition coefficient (Wildman–Crippen LogP) is 4.17. The lowest BCUT2D eigenvalue weighted by Crippen LogP contribution is -2.38. The van der Waals surface area contributed by atoms with E-state index >= 15 is 0 Å². The molecule has 1 N–H and O–H groups in total. The number of benzene rings is 1. The fourth-order valence-corrected chi connectivity index (χ4v) is 3.35. The topological polar surface area (TPSA) is 86.5 Å². The molecule has 0 aliphatic carbocycles. The van der Waals surface area contributed by atoms with Crippen molar-refractivity contribution in [2.45, 2.75) is 25.1 Å². The average Bonchev–Trinajstić information content (AvgIpc) is 3.40. The van der Waals surface area contributed by atoms with E-state index in [2.05, 4.69) is 10.1 Å². The van der Waals surface area contributed by atoms with Crippen LogP contribution in [0.3, 0.4) is 0 Å². The molecule has 30 heavy (non-hydrogen) atoms. The number of nitrogens with zero attached hydrogens (tertiary/aromatic N) is 2. The number of nitrogens with one attached hydrogen (secondary N) is 1. The second-order valence-electron chi connectivity index (χ2n) is 6.15. The molecule has 3 rings (SSSR count). The van der Waals surface area contributed by atoms with E-state index in [0.717, 1.165) is 4.88 Å². The number of aromatic nitrogens is 2. The molecule has 160 valence electrons. The van der Waals surface area contributed by atoms with Crippen LogP contribution in [0.1, 0.15) is 23.9 Å². The molecule has 7 nitrogen and oxygen atoms in total. The molecule has 0 radical (unpaired) electrons. The standard InChI is InChI=1S/C19H18F3N3O4S/c1-27-12-6-5-11(10-13(12)28-2)17(19(20,21)22)23-15(26)7-8-16-24-18(25-29-16)14-4-3-9-30-14/h3-6,9-10,17H,7-8H2,1-2H3,(H,23,26).